The van der Waals surface area contributed by atoms with Crippen molar-refractivity contribution in [3.05, 3.63) is 18.2 Å². The van der Waals surface area contributed by atoms with Crippen LogP contribution in [0.1, 0.15) is 51.3 Å². The summed E-state index contributed by atoms with van der Waals surface area (Å²) in [4.78, 5) is 21.4. The topological polar surface area (TPSA) is 41.4 Å². The van der Waals surface area contributed by atoms with Crippen LogP contribution < -0.4 is 0 Å². The number of imidazole rings is 1. The van der Waals surface area contributed by atoms with Crippen molar-refractivity contribution in [1.29, 1.82) is 0 Å². The van der Waals surface area contributed by atoms with Gasteiger partial charge in [-0.1, -0.05) is 26.7 Å². The van der Waals surface area contributed by atoms with E-state index in [4.69, 9.17) is 0 Å². The molecule has 1 saturated heterocycles. The van der Waals surface area contributed by atoms with Gasteiger partial charge in [0.2, 0.25) is 5.91 Å². The van der Waals surface area contributed by atoms with Gasteiger partial charge in [-0.15, -0.1) is 11.8 Å². The number of hydrogen-bond acceptors (Lipinski definition) is 4. The molecule has 2 aliphatic rings. The van der Waals surface area contributed by atoms with Gasteiger partial charge in [-0.3, -0.25) is 9.69 Å². The molecule has 25 heavy (non-hydrogen) atoms. The first-order chi connectivity index (χ1) is 12.1. The minimum atomic E-state index is 0.341. The fraction of sp³-hybridized carbons (Fsp3) is 0.789. The van der Waals surface area contributed by atoms with E-state index >= 15 is 0 Å². The highest BCUT2D eigenvalue weighted by atomic mass is 32.2. The molecule has 1 aromatic heterocycles. The molecule has 1 aliphatic carbocycles. The van der Waals surface area contributed by atoms with E-state index in [0.717, 1.165) is 50.3 Å². The second-order valence-corrected chi connectivity index (χ2v) is 8.86. The Morgan fingerprint density at radius 1 is 1.20 bits per heavy atom. The molecule has 2 heterocycles. The Morgan fingerprint density at radius 3 is 2.60 bits per heavy atom. The summed E-state index contributed by atoms with van der Waals surface area (Å²) < 4.78 is 2.26. The summed E-state index contributed by atoms with van der Waals surface area (Å²) in [5, 5.41) is 0.732. The fourth-order valence-corrected chi connectivity index (χ4v) is 5.04. The molecule has 0 N–H and O–H groups in total. The first-order valence-corrected chi connectivity index (χ1v) is 10.8. The van der Waals surface area contributed by atoms with Crippen molar-refractivity contribution in [3.63, 3.8) is 0 Å². The Balaban J connectivity index is 1.36. The maximum atomic E-state index is 12.4. The zero-order valence-electron chi connectivity index (χ0n) is 15.7. The number of carbonyl (C=O) groups excluding carboxylic acids is 1. The molecule has 1 aromatic rings. The lowest BCUT2D eigenvalue weighted by molar-refractivity contribution is -0.130. The first-order valence-electron chi connectivity index (χ1n) is 9.76. The molecule has 0 bridgehead atoms. The average molecular weight is 365 g/mol. The van der Waals surface area contributed by atoms with Gasteiger partial charge in [0.05, 0.1) is 5.75 Å². The van der Waals surface area contributed by atoms with E-state index in [1.807, 2.05) is 18.0 Å². The largest absolute Gasteiger partial charge is 0.339 e. The minimum Gasteiger partial charge on any atom is -0.339 e. The van der Waals surface area contributed by atoms with Crippen molar-refractivity contribution in [2.24, 2.45) is 0 Å². The lowest BCUT2D eigenvalue weighted by atomic mass is 10.2. The van der Waals surface area contributed by atoms with Gasteiger partial charge in [-0.25, -0.2) is 4.98 Å². The van der Waals surface area contributed by atoms with Crippen LogP contribution in [0, 0.1) is 0 Å². The van der Waals surface area contributed by atoms with E-state index in [1.165, 1.54) is 25.7 Å². The summed E-state index contributed by atoms with van der Waals surface area (Å²) in [6.07, 6.45) is 9.28. The first kappa shape index (κ1) is 18.8. The quantitative estimate of drug-likeness (QED) is 0.746. The van der Waals surface area contributed by atoms with E-state index in [-0.39, 0.29) is 0 Å². The lowest BCUT2D eigenvalue weighted by Gasteiger charge is -2.35. The number of carbonyl (C=O) groups is 1. The Morgan fingerprint density at radius 2 is 1.92 bits per heavy atom. The van der Waals surface area contributed by atoms with Gasteiger partial charge in [0.15, 0.2) is 0 Å². The van der Waals surface area contributed by atoms with Crippen LogP contribution in [-0.2, 0) is 11.3 Å². The predicted molar refractivity (Wildman–Crippen MR) is 104 cm³/mol. The smallest absolute Gasteiger partial charge is 0.232 e. The molecule has 1 amide bonds. The summed E-state index contributed by atoms with van der Waals surface area (Å²) in [7, 11) is 0. The number of nitrogens with zero attached hydrogens (tertiary/aromatic N) is 4. The number of hydrogen-bond donors (Lipinski definition) is 0. The molecular formula is C19H32N4OS. The van der Waals surface area contributed by atoms with E-state index in [2.05, 4.69) is 39.4 Å². The maximum absolute atomic E-state index is 12.4. The molecular weight excluding hydrogens is 332 g/mol. The zero-order valence-corrected chi connectivity index (χ0v) is 16.5. The second kappa shape index (κ2) is 9.08. The molecule has 0 aromatic carbocycles. The van der Waals surface area contributed by atoms with Gasteiger partial charge in [0.1, 0.15) is 5.82 Å². The van der Waals surface area contributed by atoms with Crippen LogP contribution in [0.5, 0.6) is 0 Å². The van der Waals surface area contributed by atoms with Crippen LogP contribution in [-0.4, -0.2) is 69.0 Å². The lowest BCUT2D eigenvalue weighted by Crippen LogP contribution is -2.49. The molecule has 0 atom stereocenters. The van der Waals surface area contributed by atoms with Gasteiger partial charge in [0, 0.05) is 62.8 Å². The van der Waals surface area contributed by atoms with Crippen molar-refractivity contribution in [2.75, 3.05) is 38.5 Å². The van der Waals surface area contributed by atoms with Crippen LogP contribution in [0.15, 0.2) is 12.4 Å². The van der Waals surface area contributed by atoms with Crippen molar-refractivity contribution >= 4 is 17.7 Å². The summed E-state index contributed by atoms with van der Waals surface area (Å²) in [5.74, 6) is 2.64. The number of amides is 1. The highest BCUT2D eigenvalue weighted by molar-refractivity contribution is 8.00. The van der Waals surface area contributed by atoms with E-state index < -0.39 is 0 Å². The van der Waals surface area contributed by atoms with E-state index in [1.54, 1.807) is 0 Å². The molecule has 0 unspecified atom stereocenters. The molecule has 5 nitrogen and oxygen atoms in total. The molecule has 0 radical (unpaired) electrons. The van der Waals surface area contributed by atoms with Crippen LogP contribution >= 0.6 is 11.8 Å². The molecule has 140 valence electrons. The Kier molecular flexibility index (Phi) is 6.82. The number of thioether (sulfide) groups is 1. The molecule has 3 rings (SSSR count). The van der Waals surface area contributed by atoms with Crippen LogP contribution in [0.2, 0.25) is 0 Å². The van der Waals surface area contributed by atoms with E-state index in [9.17, 15) is 4.79 Å². The van der Waals surface area contributed by atoms with Crippen molar-refractivity contribution in [2.45, 2.75) is 57.2 Å². The third-order valence-electron chi connectivity index (χ3n) is 5.39. The third kappa shape index (κ3) is 5.23. The highest BCUT2D eigenvalue weighted by Crippen LogP contribution is 2.29. The molecule has 1 aliphatic heterocycles. The predicted octanol–water partition coefficient (Wildman–Crippen LogP) is 2.83. The monoisotopic (exact) mass is 364 g/mol. The maximum Gasteiger partial charge on any atom is 0.232 e. The van der Waals surface area contributed by atoms with E-state index in [0.29, 0.717) is 17.6 Å². The van der Waals surface area contributed by atoms with Gasteiger partial charge < -0.3 is 9.47 Å². The summed E-state index contributed by atoms with van der Waals surface area (Å²) in [6.45, 7) is 10.1. The van der Waals surface area contributed by atoms with Crippen LogP contribution in [0.25, 0.3) is 0 Å². The van der Waals surface area contributed by atoms with Gasteiger partial charge in [0.25, 0.3) is 0 Å². The molecule has 6 heteroatoms. The molecule has 0 spiro atoms. The normalized spacial score (nSPS) is 19.9. The Bertz CT molecular complexity index is 545. The fourth-order valence-electron chi connectivity index (χ4n) is 3.82. The minimum absolute atomic E-state index is 0.341. The van der Waals surface area contributed by atoms with Crippen LogP contribution in [0.4, 0.5) is 0 Å². The number of piperazine rings is 1. The summed E-state index contributed by atoms with van der Waals surface area (Å²) >= 11 is 1.88. The standard InChI is InChI=1S/C19H32N4OS/c1-16(2)19-20-7-8-23(19)14-11-21-9-12-22(13-10-21)18(24)15-25-17-5-3-4-6-17/h7-8,16-17H,3-6,9-15H2,1-2H3. The Hall–Kier alpha value is -1.01. The summed E-state index contributed by atoms with van der Waals surface area (Å²) in [6, 6.07) is 0. The average Bonchev–Trinajstić information content (AvgIpc) is 3.29. The van der Waals surface area contributed by atoms with Gasteiger partial charge >= 0.3 is 0 Å². The highest BCUT2D eigenvalue weighted by Gasteiger charge is 2.23. The molecule has 1 saturated carbocycles. The van der Waals surface area contributed by atoms with Crippen LogP contribution in [0.3, 0.4) is 0 Å². The van der Waals surface area contributed by atoms with Crippen molar-refractivity contribution < 1.29 is 4.79 Å². The summed E-state index contributed by atoms with van der Waals surface area (Å²) in [5.41, 5.74) is 0. The number of rotatable bonds is 7. The van der Waals surface area contributed by atoms with Gasteiger partial charge in [-0.2, -0.15) is 0 Å². The Labute approximate surface area is 156 Å². The SMILES string of the molecule is CC(C)c1nccn1CCN1CCN(C(=O)CSC2CCCC2)CC1. The molecule has 2 fully saturated rings. The second-order valence-electron chi connectivity index (χ2n) is 7.57. The van der Waals surface area contributed by atoms with Crippen molar-refractivity contribution in [3.8, 4) is 0 Å². The van der Waals surface area contributed by atoms with Gasteiger partial charge in [-0.05, 0) is 12.8 Å². The zero-order chi connectivity index (χ0) is 17.6. The third-order valence-corrected chi connectivity index (χ3v) is 6.75. The van der Waals surface area contributed by atoms with Crippen molar-refractivity contribution in [1.82, 2.24) is 19.4 Å². The number of aromatic nitrogens is 2.